The summed E-state index contributed by atoms with van der Waals surface area (Å²) in [7, 11) is 0. The highest BCUT2D eigenvalue weighted by Gasteiger charge is 2.30. The molecule has 1 atom stereocenters. The molecule has 1 amide bonds. The number of carbonyl (C=O) groups is 2. The summed E-state index contributed by atoms with van der Waals surface area (Å²) in [6.07, 6.45) is 5.09. The Morgan fingerprint density at radius 1 is 1.32 bits per heavy atom. The van der Waals surface area contributed by atoms with E-state index < -0.39 is 11.6 Å². The Hall–Kier alpha value is -2.12. The summed E-state index contributed by atoms with van der Waals surface area (Å²) in [6, 6.07) is 0.110. The number of hydrogen-bond donors (Lipinski definition) is 0. The first-order valence-corrected chi connectivity index (χ1v) is 8.87. The van der Waals surface area contributed by atoms with Crippen molar-refractivity contribution in [1.82, 2.24) is 19.9 Å². The first-order valence-electron chi connectivity index (χ1n) is 8.87. The van der Waals surface area contributed by atoms with Gasteiger partial charge in [0.25, 0.3) is 0 Å². The third kappa shape index (κ3) is 5.72. The van der Waals surface area contributed by atoms with Crippen LogP contribution in [0.25, 0.3) is 0 Å². The zero-order chi connectivity index (χ0) is 18.4. The minimum Gasteiger partial charge on any atom is -0.461 e. The van der Waals surface area contributed by atoms with Crippen molar-refractivity contribution in [2.24, 2.45) is 0 Å². The topological polar surface area (TPSA) is 86.5 Å². The standard InChI is InChI=1S/C17H28N4O4/c1-5-24-15(22)14-12-20(19-18-14)11-9-13-8-6-7-10-21(13)16(23)25-17(2,3)4/h12-13H,5-11H2,1-4H3. The van der Waals surface area contributed by atoms with E-state index >= 15 is 0 Å². The zero-order valence-electron chi connectivity index (χ0n) is 15.5. The second kappa shape index (κ2) is 8.31. The maximum Gasteiger partial charge on any atom is 0.410 e. The van der Waals surface area contributed by atoms with Crippen LogP contribution in [-0.4, -0.2) is 56.8 Å². The van der Waals surface area contributed by atoms with Crippen LogP contribution in [-0.2, 0) is 16.0 Å². The Morgan fingerprint density at radius 3 is 2.76 bits per heavy atom. The molecule has 1 aromatic rings. The maximum absolute atomic E-state index is 12.4. The molecule has 0 radical (unpaired) electrons. The minimum atomic E-state index is -0.500. The van der Waals surface area contributed by atoms with Gasteiger partial charge in [-0.1, -0.05) is 5.21 Å². The zero-order valence-corrected chi connectivity index (χ0v) is 15.5. The summed E-state index contributed by atoms with van der Waals surface area (Å²) in [4.78, 5) is 25.9. The third-order valence-electron chi connectivity index (χ3n) is 3.97. The number of esters is 1. The first-order chi connectivity index (χ1) is 11.8. The van der Waals surface area contributed by atoms with Gasteiger partial charge in [-0.15, -0.1) is 5.10 Å². The fourth-order valence-corrected chi connectivity index (χ4v) is 2.85. The molecular formula is C17H28N4O4. The molecule has 1 unspecified atom stereocenters. The predicted molar refractivity (Wildman–Crippen MR) is 91.2 cm³/mol. The normalized spacial score (nSPS) is 18.1. The molecule has 25 heavy (non-hydrogen) atoms. The molecule has 8 heteroatoms. The largest absolute Gasteiger partial charge is 0.461 e. The van der Waals surface area contributed by atoms with Gasteiger partial charge in [-0.05, 0) is 53.4 Å². The van der Waals surface area contributed by atoms with Crippen molar-refractivity contribution in [1.29, 1.82) is 0 Å². The van der Waals surface area contributed by atoms with E-state index in [9.17, 15) is 9.59 Å². The molecule has 0 N–H and O–H groups in total. The van der Waals surface area contributed by atoms with Gasteiger partial charge in [-0.25, -0.2) is 9.59 Å². The molecule has 0 spiro atoms. The van der Waals surface area contributed by atoms with Gasteiger partial charge in [0.2, 0.25) is 0 Å². The monoisotopic (exact) mass is 352 g/mol. The van der Waals surface area contributed by atoms with E-state index in [2.05, 4.69) is 10.3 Å². The van der Waals surface area contributed by atoms with Crippen molar-refractivity contribution in [2.75, 3.05) is 13.2 Å². The Kier molecular flexibility index (Phi) is 6.39. The first kappa shape index (κ1) is 19.2. The highest BCUT2D eigenvalue weighted by molar-refractivity contribution is 5.86. The van der Waals surface area contributed by atoms with Gasteiger partial charge in [0.1, 0.15) is 5.60 Å². The van der Waals surface area contributed by atoms with E-state index in [1.54, 1.807) is 17.8 Å². The maximum atomic E-state index is 12.4. The quantitative estimate of drug-likeness (QED) is 0.757. The molecule has 1 aromatic heterocycles. The molecule has 2 heterocycles. The van der Waals surface area contributed by atoms with Crippen molar-refractivity contribution >= 4 is 12.1 Å². The number of rotatable bonds is 5. The summed E-state index contributed by atoms with van der Waals surface area (Å²) in [6.45, 7) is 8.96. The molecule has 0 aliphatic carbocycles. The van der Waals surface area contributed by atoms with Crippen molar-refractivity contribution in [3.05, 3.63) is 11.9 Å². The summed E-state index contributed by atoms with van der Waals surface area (Å²) < 4.78 is 12.0. The second-order valence-electron chi connectivity index (χ2n) is 7.20. The van der Waals surface area contributed by atoms with Crippen molar-refractivity contribution in [3.63, 3.8) is 0 Å². The Bertz CT molecular complexity index is 594. The number of amides is 1. The lowest BCUT2D eigenvalue weighted by molar-refractivity contribution is 0.00824. The number of hydrogen-bond acceptors (Lipinski definition) is 6. The minimum absolute atomic E-state index is 0.110. The number of likely N-dealkylation sites (tertiary alicyclic amines) is 1. The average Bonchev–Trinajstić information content (AvgIpc) is 3.01. The average molecular weight is 352 g/mol. The molecule has 8 nitrogen and oxygen atoms in total. The van der Waals surface area contributed by atoms with Gasteiger partial charge in [-0.3, -0.25) is 4.68 Å². The van der Waals surface area contributed by atoms with E-state index in [1.165, 1.54) is 0 Å². The van der Waals surface area contributed by atoms with Crippen LogP contribution in [0.2, 0.25) is 0 Å². The molecule has 0 bridgehead atoms. The lowest BCUT2D eigenvalue weighted by Gasteiger charge is -2.36. The molecule has 0 saturated carbocycles. The molecule has 1 aliphatic heterocycles. The van der Waals surface area contributed by atoms with E-state index in [-0.39, 0.29) is 17.8 Å². The lowest BCUT2D eigenvalue weighted by Crippen LogP contribution is -2.46. The van der Waals surface area contributed by atoms with E-state index in [4.69, 9.17) is 9.47 Å². The van der Waals surface area contributed by atoms with Crippen LogP contribution >= 0.6 is 0 Å². The SMILES string of the molecule is CCOC(=O)c1cn(CCC2CCCCN2C(=O)OC(C)(C)C)nn1. The molecule has 2 rings (SSSR count). The smallest absolute Gasteiger partial charge is 0.410 e. The van der Waals surface area contributed by atoms with Crippen LogP contribution in [0.5, 0.6) is 0 Å². The van der Waals surface area contributed by atoms with Gasteiger partial charge in [0, 0.05) is 19.1 Å². The van der Waals surface area contributed by atoms with Crippen LogP contribution in [0.4, 0.5) is 4.79 Å². The molecule has 140 valence electrons. The van der Waals surface area contributed by atoms with Crippen LogP contribution in [0.1, 0.15) is 63.9 Å². The summed E-state index contributed by atoms with van der Waals surface area (Å²) >= 11 is 0. The van der Waals surface area contributed by atoms with Crippen LogP contribution in [0.3, 0.4) is 0 Å². The summed E-state index contributed by atoms with van der Waals surface area (Å²) in [5.41, 5.74) is -0.297. The number of ether oxygens (including phenoxy) is 2. The second-order valence-corrected chi connectivity index (χ2v) is 7.20. The van der Waals surface area contributed by atoms with Gasteiger partial charge >= 0.3 is 12.1 Å². The van der Waals surface area contributed by atoms with E-state index in [0.717, 1.165) is 25.7 Å². The van der Waals surface area contributed by atoms with Gasteiger partial charge < -0.3 is 14.4 Å². The predicted octanol–water partition coefficient (Wildman–Crippen LogP) is 2.63. The number of nitrogens with zero attached hydrogens (tertiary/aromatic N) is 4. The fourth-order valence-electron chi connectivity index (χ4n) is 2.85. The number of aromatic nitrogens is 3. The van der Waals surface area contributed by atoms with Crippen molar-refractivity contribution in [2.45, 2.75) is 71.6 Å². The molecular weight excluding hydrogens is 324 g/mol. The number of aryl methyl sites for hydroxylation is 1. The Labute approximate surface area is 148 Å². The number of piperidine rings is 1. The third-order valence-corrected chi connectivity index (χ3v) is 3.97. The van der Waals surface area contributed by atoms with E-state index in [1.807, 2.05) is 25.7 Å². The lowest BCUT2D eigenvalue weighted by atomic mass is 10.00. The molecule has 0 aromatic carbocycles. The van der Waals surface area contributed by atoms with Gasteiger partial charge in [-0.2, -0.15) is 0 Å². The number of carbonyl (C=O) groups excluding carboxylic acids is 2. The highest BCUT2D eigenvalue weighted by atomic mass is 16.6. The van der Waals surface area contributed by atoms with Crippen LogP contribution in [0, 0.1) is 0 Å². The summed E-state index contributed by atoms with van der Waals surface area (Å²) in [5.74, 6) is -0.471. The van der Waals surface area contributed by atoms with Gasteiger partial charge in [0.15, 0.2) is 5.69 Å². The molecule has 1 fully saturated rings. The highest BCUT2D eigenvalue weighted by Crippen LogP contribution is 2.23. The fraction of sp³-hybridized carbons (Fsp3) is 0.765. The molecule has 1 saturated heterocycles. The van der Waals surface area contributed by atoms with Gasteiger partial charge in [0.05, 0.1) is 12.8 Å². The van der Waals surface area contributed by atoms with Crippen LogP contribution < -0.4 is 0 Å². The Balaban J connectivity index is 1.93. The van der Waals surface area contributed by atoms with Crippen molar-refractivity contribution in [3.8, 4) is 0 Å². The van der Waals surface area contributed by atoms with Crippen LogP contribution in [0.15, 0.2) is 6.20 Å². The summed E-state index contributed by atoms with van der Waals surface area (Å²) in [5, 5.41) is 7.80. The Morgan fingerprint density at radius 2 is 2.08 bits per heavy atom. The van der Waals surface area contributed by atoms with E-state index in [0.29, 0.717) is 19.7 Å². The van der Waals surface area contributed by atoms with Crippen molar-refractivity contribution < 1.29 is 19.1 Å². The molecule has 1 aliphatic rings.